The predicted molar refractivity (Wildman–Crippen MR) is 122 cm³/mol. The van der Waals surface area contributed by atoms with Gasteiger partial charge in [-0.2, -0.15) is 0 Å². The summed E-state index contributed by atoms with van der Waals surface area (Å²) in [6.45, 7) is 4.64. The number of benzene rings is 1. The third-order valence-corrected chi connectivity index (χ3v) is 7.23. The lowest BCUT2D eigenvalue weighted by Gasteiger charge is -2.38. The van der Waals surface area contributed by atoms with Gasteiger partial charge in [-0.05, 0) is 62.8 Å². The van der Waals surface area contributed by atoms with Gasteiger partial charge in [0.25, 0.3) is 0 Å². The molecule has 1 aromatic carbocycles. The Morgan fingerprint density at radius 2 is 2.03 bits per heavy atom. The van der Waals surface area contributed by atoms with E-state index in [-0.39, 0.29) is 18.4 Å². The van der Waals surface area contributed by atoms with Crippen LogP contribution in [0.4, 0.5) is 5.82 Å². The van der Waals surface area contributed by atoms with Crippen molar-refractivity contribution in [3.63, 3.8) is 0 Å². The van der Waals surface area contributed by atoms with E-state index in [0.29, 0.717) is 6.61 Å². The molecule has 3 aliphatic rings. The maximum atomic E-state index is 10.9. The van der Waals surface area contributed by atoms with E-state index in [1.54, 1.807) is 7.11 Å². The number of rotatable bonds is 6. The average Bonchev–Trinajstić information content (AvgIpc) is 3.52. The van der Waals surface area contributed by atoms with E-state index in [1.807, 2.05) is 19.9 Å². The highest BCUT2D eigenvalue weighted by Crippen LogP contribution is 2.49. The molecular formula is C25H33N3O4. The smallest absolute Gasteiger partial charge is 0.188 e. The van der Waals surface area contributed by atoms with Crippen molar-refractivity contribution in [3.05, 3.63) is 34.9 Å². The molecule has 0 bridgehead atoms. The van der Waals surface area contributed by atoms with Crippen molar-refractivity contribution >= 4 is 5.82 Å². The molecule has 1 aromatic heterocycles. The predicted octanol–water partition coefficient (Wildman–Crippen LogP) is 4.15. The van der Waals surface area contributed by atoms with Crippen LogP contribution in [0.1, 0.15) is 62.1 Å². The van der Waals surface area contributed by atoms with Gasteiger partial charge in [-0.15, -0.1) is 10.2 Å². The zero-order valence-electron chi connectivity index (χ0n) is 19.2. The summed E-state index contributed by atoms with van der Waals surface area (Å²) in [7, 11) is 1.62. The number of aromatic nitrogens is 2. The number of aliphatic hydroxyl groups is 1. The lowest BCUT2D eigenvalue weighted by atomic mass is 9.81. The van der Waals surface area contributed by atoms with Gasteiger partial charge in [-0.25, -0.2) is 0 Å². The molecule has 5 rings (SSSR count). The minimum Gasteiger partial charge on any atom is -0.467 e. The standard InChI is InChI=1S/C25H33N3O4/c1-16-7-8-17(20(12-16)31-15-30-3)22-18-13-25(10-11-25)32-14-19(18)23(28-27-22)26-21-6-4-5-9-24(21,2)29/h7-8,12,21,29H,4-6,9-11,13-15H2,1-3H3,(H,26,28)/t21-,24+/m1/s1. The van der Waals surface area contributed by atoms with Gasteiger partial charge in [0.15, 0.2) is 12.6 Å². The summed E-state index contributed by atoms with van der Waals surface area (Å²) in [6.07, 6.45) is 6.84. The van der Waals surface area contributed by atoms with Crippen LogP contribution in [-0.2, 0) is 22.5 Å². The van der Waals surface area contributed by atoms with Crippen LogP contribution in [0, 0.1) is 6.92 Å². The summed E-state index contributed by atoms with van der Waals surface area (Å²) < 4.78 is 17.3. The van der Waals surface area contributed by atoms with Gasteiger partial charge in [0.2, 0.25) is 0 Å². The number of nitrogens with one attached hydrogen (secondary N) is 1. The quantitative estimate of drug-likeness (QED) is 0.654. The van der Waals surface area contributed by atoms with Crippen molar-refractivity contribution in [2.75, 3.05) is 19.2 Å². The monoisotopic (exact) mass is 439 g/mol. The third-order valence-electron chi connectivity index (χ3n) is 7.23. The van der Waals surface area contributed by atoms with Crippen molar-refractivity contribution in [1.82, 2.24) is 10.2 Å². The van der Waals surface area contributed by atoms with Gasteiger partial charge in [0, 0.05) is 24.7 Å². The van der Waals surface area contributed by atoms with Crippen molar-refractivity contribution in [3.8, 4) is 17.0 Å². The molecule has 0 unspecified atom stereocenters. The molecule has 2 fully saturated rings. The fourth-order valence-corrected chi connectivity index (χ4v) is 5.02. The molecule has 0 radical (unpaired) electrons. The van der Waals surface area contributed by atoms with Crippen LogP contribution < -0.4 is 10.1 Å². The van der Waals surface area contributed by atoms with Crippen molar-refractivity contribution in [2.45, 2.75) is 82.6 Å². The fourth-order valence-electron chi connectivity index (χ4n) is 5.02. The lowest BCUT2D eigenvalue weighted by Crippen LogP contribution is -2.47. The van der Waals surface area contributed by atoms with E-state index in [1.165, 1.54) is 5.56 Å². The Morgan fingerprint density at radius 1 is 1.19 bits per heavy atom. The number of aryl methyl sites for hydroxylation is 1. The van der Waals surface area contributed by atoms with E-state index < -0.39 is 5.60 Å². The number of ether oxygens (including phenoxy) is 3. The third kappa shape index (κ3) is 4.09. The number of anilines is 1. The fraction of sp³-hybridized carbons (Fsp3) is 0.600. The molecule has 2 aromatic rings. The molecule has 32 heavy (non-hydrogen) atoms. The molecular weight excluding hydrogens is 406 g/mol. The molecule has 172 valence electrons. The molecule has 2 aliphatic carbocycles. The first kappa shape index (κ1) is 21.6. The Bertz CT molecular complexity index is 1000. The van der Waals surface area contributed by atoms with Gasteiger partial charge in [0.1, 0.15) is 11.4 Å². The number of hydrogen-bond acceptors (Lipinski definition) is 7. The summed E-state index contributed by atoms with van der Waals surface area (Å²) in [5.74, 6) is 1.48. The van der Waals surface area contributed by atoms with Crippen LogP contribution in [-0.4, -0.2) is 46.5 Å². The second-order valence-corrected chi connectivity index (χ2v) is 9.85. The Kier molecular flexibility index (Phi) is 5.60. The normalized spacial score (nSPS) is 25.9. The minimum atomic E-state index is -0.753. The van der Waals surface area contributed by atoms with Gasteiger partial charge in [0.05, 0.1) is 23.9 Å². The van der Waals surface area contributed by atoms with E-state index in [0.717, 1.165) is 78.9 Å². The molecule has 2 heterocycles. The van der Waals surface area contributed by atoms with Crippen LogP contribution in [0.15, 0.2) is 18.2 Å². The first-order valence-corrected chi connectivity index (χ1v) is 11.6. The summed E-state index contributed by atoms with van der Waals surface area (Å²) in [6, 6.07) is 6.09. The maximum Gasteiger partial charge on any atom is 0.188 e. The van der Waals surface area contributed by atoms with Crippen molar-refractivity contribution < 1.29 is 19.3 Å². The first-order valence-electron chi connectivity index (χ1n) is 11.6. The number of nitrogens with zero attached hydrogens (tertiary/aromatic N) is 2. The van der Waals surface area contributed by atoms with E-state index in [9.17, 15) is 5.11 Å². The molecule has 2 saturated carbocycles. The van der Waals surface area contributed by atoms with Crippen LogP contribution in [0.3, 0.4) is 0 Å². The van der Waals surface area contributed by atoms with Crippen LogP contribution in [0.2, 0.25) is 0 Å². The molecule has 1 spiro atoms. The number of fused-ring (bicyclic) bond motifs is 1. The van der Waals surface area contributed by atoms with Gasteiger partial charge < -0.3 is 24.6 Å². The minimum absolute atomic E-state index is 0.0442. The maximum absolute atomic E-state index is 10.9. The van der Waals surface area contributed by atoms with E-state index in [4.69, 9.17) is 19.3 Å². The molecule has 7 nitrogen and oxygen atoms in total. The van der Waals surface area contributed by atoms with Crippen LogP contribution >= 0.6 is 0 Å². The summed E-state index contributed by atoms with van der Waals surface area (Å²) in [5, 5.41) is 23.7. The lowest BCUT2D eigenvalue weighted by molar-refractivity contribution is 0.00567. The largest absolute Gasteiger partial charge is 0.467 e. The summed E-state index contributed by atoms with van der Waals surface area (Å²) in [5.41, 5.74) is 4.29. The average molecular weight is 440 g/mol. The summed E-state index contributed by atoms with van der Waals surface area (Å²) >= 11 is 0. The number of methoxy groups -OCH3 is 1. The van der Waals surface area contributed by atoms with Crippen molar-refractivity contribution in [2.24, 2.45) is 0 Å². The topological polar surface area (TPSA) is 85.7 Å². The molecule has 0 amide bonds. The van der Waals surface area contributed by atoms with Crippen LogP contribution in [0.25, 0.3) is 11.3 Å². The van der Waals surface area contributed by atoms with E-state index in [2.05, 4.69) is 22.5 Å². The second-order valence-electron chi connectivity index (χ2n) is 9.85. The first-order chi connectivity index (χ1) is 15.4. The summed E-state index contributed by atoms with van der Waals surface area (Å²) in [4.78, 5) is 0. The van der Waals surface area contributed by atoms with Gasteiger partial charge in [-0.3, -0.25) is 0 Å². The zero-order chi connectivity index (χ0) is 22.3. The Balaban J connectivity index is 1.55. The second kappa shape index (κ2) is 8.28. The molecule has 0 saturated heterocycles. The molecule has 2 N–H and O–H groups in total. The molecule has 2 atom stereocenters. The Morgan fingerprint density at radius 3 is 2.78 bits per heavy atom. The Labute approximate surface area is 189 Å². The van der Waals surface area contributed by atoms with E-state index >= 15 is 0 Å². The highest BCUT2D eigenvalue weighted by molar-refractivity contribution is 5.73. The number of hydrogen-bond donors (Lipinski definition) is 2. The highest BCUT2D eigenvalue weighted by Gasteiger charge is 2.48. The molecule has 1 aliphatic heterocycles. The highest BCUT2D eigenvalue weighted by atomic mass is 16.7. The Hall–Kier alpha value is -2.22. The molecule has 7 heteroatoms. The van der Waals surface area contributed by atoms with Gasteiger partial charge in [-0.1, -0.05) is 18.9 Å². The zero-order valence-corrected chi connectivity index (χ0v) is 19.2. The van der Waals surface area contributed by atoms with Gasteiger partial charge >= 0.3 is 0 Å². The van der Waals surface area contributed by atoms with Crippen LogP contribution in [0.5, 0.6) is 5.75 Å². The van der Waals surface area contributed by atoms with Crippen molar-refractivity contribution in [1.29, 1.82) is 0 Å². The SMILES string of the molecule is COCOc1cc(C)ccc1-c1nnc(N[C@@H]2CCCC[C@]2(C)O)c2c1CC1(CC1)OC2.